The average Bonchev–Trinajstić information content (AvgIpc) is 2.57. The van der Waals surface area contributed by atoms with Crippen LogP contribution >= 0.6 is 0 Å². The summed E-state index contributed by atoms with van der Waals surface area (Å²) in [6.07, 6.45) is 0. The SMILES string of the molecule is [CH2-]C.[CH2-]C.[CH2-]C.[Mo].[c-]1ccccc1.[c-]1ccccc1. The summed E-state index contributed by atoms with van der Waals surface area (Å²) in [5.41, 5.74) is 0. The molecule has 0 saturated carbocycles. The van der Waals surface area contributed by atoms with E-state index in [0.717, 1.165) is 0 Å². The molecule has 0 bridgehead atoms. The van der Waals surface area contributed by atoms with Crippen molar-refractivity contribution in [3.63, 3.8) is 0 Å². The number of rotatable bonds is 0. The topological polar surface area (TPSA) is 0 Å². The maximum Gasteiger partial charge on any atom is 0 e. The molecule has 0 unspecified atom stereocenters. The van der Waals surface area contributed by atoms with Crippen LogP contribution in [0.15, 0.2) is 60.7 Å². The Bertz CT molecular complexity index is 181. The first kappa shape index (κ1) is 26.6. The molecule has 2 aromatic carbocycles. The molecule has 0 nitrogen and oxygen atoms in total. The molecule has 0 spiro atoms. The summed E-state index contributed by atoms with van der Waals surface area (Å²) in [7, 11) is 0. The fourth-order valence-electron chi connectivity index (χ4n) is 0.684. The molecular formula is C18H25Mo-5. The van der Waals surface area contributed by atoms with Crippen LogP contribution in [0.25, 0.3) is 0 Å². The number of benzene rings is 2. The predicted molar refractivity (Wildman–Crippen MR) is 83.6 cm³/mol. The molecule has 0 fully saturated rings. The smallest absolute Gasteiger partial charge is 0 e. The maximum absolute atomic E-state index is 3.25. The van der Waals surface area contributed by atoms with Gasteiger partial charge in [0, 0.05) is 21.1 Å². The van der Waals surface area contributed by atoms with Gasteiger partial charge >= 0.3 is 0 Å². The van der Waals surface area contributed by atoms with Crippen LogP contribution in [0, 0.1) is 32.9 Å². The van der Waals surface area contributed by atoms with E-state index in [1.807, 2.05) is 60.7 Å². The van der Waals surface area contributed by atoms with Crippen molar-refractivity contribution in [3.05, 3.63) is 93.6 Å². The third-order valence-corrected chi connectivity index (χ3v) is 1.21. The Morgan fingerprint density at radius 3 is 0.737 bits per heavy atom. The standard InChI is InChI=1S/2C6H5.3C2H5.Mo/c2*1-2-4-6-5-3-1;3*1-2;/h2*1-5H;3*1H2,2H3;/q5*-1;. The molecule has 0 aliphatic carbocycles. The Balaban J connectivity index is -0.0000000825. The van der Waals surface area contributed by atoms with Crippen molar-refractivity contribution < 1.29 is 21.1 Å². The van der Waals surface area contributed by atoms with Gasteiger partial charge in [0.05, 0.1) is 0 Å². The first-order valence-corrected chi connectivity index (χ1v) is 5.94. The van der Waals surface area contributed by atoms with Crippen molar-refractivity contribution in [1.29, 1.82) is 0 Å². The van der Waals surface area contributed by atoms with Gasteiger partial charge in [-0.25, -0.2) is 0 Å². The molecule has 19 heavy (non-hydrogen) atoms. The van der Waals surface area contributed by atoms with Crippen LogP contribution in [0.5, 0.6) is 0 Å². The Hall–Kier alpha value is -0.872. The normalized spacial score (nSPS) is 6.00. The summed E-state index contributed by atoms with van der Waals surface area (Å²) < 4.78 is 0. The monoisotopic (exact) mass is 339 g/mol. The molecule has 0 radical (unpaired) electrons. The quantitative estimate of drug-likeness (QED) is 0.440. The summed E-state index contributed by atoms with van der Waals surface area (Å²) in [6.45, 7) is 15.0. The summed E-state index contributed by atoms with van der Waals surface area (Å²) in [5, 5.41) is 0. The average molecular weight is 337 g/mol. The van der Waals surface area contributed by atoms with E-state index in [2.05, 4.69) is 32.9 Å². The Morgan fingerprint density at radius 1 is 0.474 bits per heavy atom. The molecule has 2 rings (SSSR count). The van der Waals surface area contributed by atoms with E-state index in [9.17, 15) is 0 Å². The van der Waals surface area contributed by atoms with E-state index < -0.39 is 0 Å². The van der Waals surface area contributed by atoms with Crippen molar-refractivity contribution in [3.8, 4) is 0 Å². The molecule has 0 heterocycles. The summed E-state index contributed by atoms with van der Waals surface area (Å²) in [5.74, 6) is 0. The fourth-order valence-corrected chi connectivity index (χ4v) is 0.684. The van der Waals surface area contributed by atoms with Gasteiger partial charge in [0.25, 0.3) is 0 Å². The van der Waals surface area contributed by atoms with E-state index in [1.54, 1.807) is 20.8 Å². The van der Waals surface area contributed by atoms with Gasteiger partial charge in [0.1, 0.15) is 0 Å². The summed E-state index contributed by atoms with van der Waals surface area (Å²) in [6, 6.07) is 25.0. The van der Waals surface area contributed by atoms with Crippen LogP contribution in [-0.2, 0) is 21.1 Å². The summed E-state index contributed by atoms with van der Waals surface area (Å²) in [4.78, 5) is 0. The minimum Gasteiger partial charge on any atom is -0.346 e. The van der Waals surface area contributed by atoms with Gasteiger partial charge in [-0.2, -0.15) is 93.6 Å². The molecule has 0 aromatic heterocycles. The van der Waals surface area contributed by atoms with Gasteiger partial charge in [-0.1, -0.05) is 0 Å². The Labute approximate surface area is 135 Å². The second-order valence-electron chi connectivity index (χ2n) is 2.15. The van der Waals surface area contributed by atoms with Crippen molar-refractivity contribution in [2.45, 2.75) is 20.8 Å². The zero-order chi connectivity index (χ0) is 14.5. The van der Waals surface area contributed by atoms with E-state index in [1.165, 1.54) is 0 Å². The van der Waals surface area contributed by atoms with E-state index in [-0.39, 0.29) is 21.1 Å². The molecule has 0 aliphatic rings. The number of hydrogen-bond acceptors (Lipinski definition) is 0. The molecule has 0 atom stereocenters. The van der Waals surface area contributed by atoms with Crippen LogP contribution in [0.4, 0.5) is 0 Å². The van der Waals surface area contributed by atoms with Gasteiger partial charge in [0.2, 0.25) is 0 Å². The second kappa shape index (κ2) is 36.0. The molecule has 0 saturated heterocycles. The van der Waals surface area contributed by atoms with E-state index >= 15 is 0 Å². The molecule has 1 heteroatoms. The summed E-state index contributed by atoms with van der Waals surface area (Å²) >= 11 is 0. The largest absolute Gasteiger partial charge is 0.346 e. The minimum absolute atomic E-state index is 0. The molecule has 2 aromatic rings. The van der Waals surface area contributed by atoms with Gasteiger partial charge in [-0.05, 0) is 0 Å². The molecule has 0 N–H and O–H groups in total. The van der Waals surface area contributed by atoms with Crippen LogP contribution in [0.1, 0.15) is 20.8 Å². The van der Waals surface area contributed by atoms with E-state index in [0.29, 0.717) is 0 Å². The fraction of sp³-hybridized carbons (Fsp3) is 0.167. The number of hydrogen-bond donors (Lipinski definition) is 0. The zero-order valence-electron chi connectivity index (χ0n) is 12.3. The third kappa shape index (κ3) is 31.7. The van der Waals surface area contributed by atoms with Gasteiger partial charge in [-0.15, -0.1) is 0 Å². The minimum atomic E-state index is 0. The van der Waals surface area contributed by atoms with Crippen molar-refractivity contribution in [2.24, 2.45) is 0 Å². The van der Waals surface area contributed by atoms with Crippen molar-refractivity contribution in [2.75, 3.05) is 0 Å². The Morgan fingerprint density at radius 2 is 0.684 bits per heavy atom. The van der Waals surface area contributed by atoms with Crippen LogP contribution < -0.4 is 0 Å². The van der Waals surface area contributed by atoms with Gasteiger partial charge < -0.3 is 20.8 Å². The third-order valence-electron chi connectivity index (χ3n) is 1.21. The molecule has 0 aliphatic heterocycles. The zero-order valence-corrected chi connectivity index (χ0v) is 14.3. The van der Waals surface area contributed by atoms with Crippen LogP contribution in [-0.4, -0.2) is 0 Å². The van der Waals surface area contributed by atoms with Gasteiger partial charge in [0.15, 0.2) is 0 Å². The predicted octanol–water partition coefficient (Wildman–Crippen LogP) is 5.49. The molecule has 108 valence electrons. The molecule has 0 amide bonds. The Kier molecular flexibility index (Phi) is 50.5. The van der Waals surface area contributed by atoms with Crippen molar-refractivity contribution >= 4 is 0 Å². The first-order chi connectivity index (χ1) is 9.00. The molecular weight excluding hydrogens is 312 g/mol. The van der Waals surface area contributed by atoms with Gasteiger partial charge in [-0.3, -0.25) is 0 Å². The van der Waals surface area contributed by atoms with Crippen molar-refractivity contribution in [1.82, 2.24) is 0 Å². The van der Waals surface area contributed by atoms with E-state index in [4.69, 9.17) is 0 Å². The van der Waals surface area contributed by atoms with Crippen LogP contribution in [0.3, 0.4) is 0 Å². The maximum atomic E-state index is 3.25. The van der Waals surface area contributed by atoms with Crippen LogP contribution in [0.2, 0.25) is 0 Å². The first-order valence-electron chi connectivity index (χ1n) is 5.94. The second-order valence-corrected chi connectivity index (χ2v) is 2.15.